The second-order valence-corrected chi connectivity index (χ2v) is 8.34. The maximum absolute atomic E-state index is 12.6. The van der Waals surface area contributed by atoms with Crippen LogP contribution in [0.15, 0.2) is 51.7 Å². The van der Waals surface area contributed by atoms with Crippen molar-refractivity contribution in [3.63, 3.8) is 0 Å². The van der Waals surface area contributed by atoms with Gasteiger partial charge in [-0.05, 0) is 49.2 Å². The van der Waals surface area contributed by atoms with Gasteiger partial charge in [0.15, 0.2) is 5.58 Å². The van der Waals surface area contributed by atoms with Gasteiger partial charge in [-0.3, -0.25) is 14.1 Å². The summed E-state index contributed by atoms with van der Waals surface area (Å²) in [5.41, 5.74) is 2.19. The van der Waals surface area contributed by atoms with Gasteiger partial charge in [-0.15, -0.1) is 0 Å². The number of oxazole rings is 1. The number of benzene rings is 2. The molecule has 2 N–H and O–H groups in total. The molecule has 0 unspecified atom stereocenters. The number of amides is 1. The number of aromatic amines is 1. The molecule has 1 fully saturated rings. The van der Waals surface area contributed by atoms with Crippen LogP contribution >= 0.6 is 0 Å². The van der Waals surface area contributed by atoms with E-state index in [0.29, 0.717) is 41.0 Å². The van der Waals surface area contributed by atoms with Gasteiger partial charge in [0.25, 0.3) is 5.91 Å². The van der Waals surface area contributed by atoms with Gasteiger partial charge in [0.2, 0.25) is 10.0 Å². The Kier molecular flexibility index (Phi) is 4.23. The van der Waals surface area contributed by atoms with Crippen molar-refractivity contribution in [2.75, 3.05) is 21.9 Å². The van der Waals surface area contributed by atoms with Crippen molar-refractivity contribution in [1.82, 2.24) is 4.98 Å². The summed E-state index contributed by atoms with van der Waals surface area (Å²) >= 11 is 0. The third-order valence-electron chi connectivity index (χ3n) is 4.42. The fourth-order valence-corrected chi connectivity index (χ4v) is 4.75. The molecule has 1 aromatic heterocycles. The number of nitrogens with one attached hydrogen (secondary N) is 2. The van der Waals surface area contributed by atoms with Crippen LogP contribution in [-0.4, -0.2) is 31.6 Å². The molecule has 0 aliphatic carbocycles. The summed E-state index contributed by atoms with van der Waals surface area (Å²) in [7, 11) is -3.34. The molecule has 9 heteroatoms. The van der Waals surface area contributed by atoms with Crippen molar-refractivity contribution < 1.29 is 17.6 Å². The Balaban J connectivity index is 1.59. The number of H-pyrrole nitrogens is 1. The van der Waals surface area contributed by atoms with E-state index >= 15 is 0 Å². The Morgan fingerprint density at radius 3 is 2.81 bits per heavy atom. The van der Waals surface area contributed by atoms with Gasteiger partial charge in [-0.1, -0.05) is 6.07 Å². The molecule has 1 aliphatic rings. The van der Waals surface area contributed by atoms with Crippen LogP contribution in [0.25, 0.3) is 11.1 Å². The van der Waals surface area contributed by atoms with Crippen LogP contribution in [0.2, 0.25) is 0 Å². The smallest absolute Gasteiger partial charge is 0.408 e. The molecule has 1 aliphatic heterocycles. The van der Waals surface area contributed by atoms with Crippen molar-refractivity contribution >= 4 is 38.4 Å². The van der Waals surface area contributed by atoms with Crippen molar-refractivity contribution in [1.29, 1.82) is 0 Å². The van der Waals surface area contributed by atoms with Crippen molar-refractivity contribution in [2.45, 2.75) is 12.8 Å². The Bertz CT molecular complexity index is 1180. The number of aromatic nitrogens is 1. The summed E-state index contributed by atoms with van der Waals surface area (Å²) in [4.78, 5) is 26.3. The fourth-order valence-electron chi connectivity index (χ4n) is 3.11. The largest absolute Gasteiger partial charge is 0.417 e. The number of hydrogen-bond acceptors (Lipinski definition) is 5. The maximum Gasteiger partial charge on any atom is 0.417 e. The van der Waals surface area contributed by atoms with Crippen LogP contribution in [0.5, 0.6) is 0 Å². The Labute approximate surface area is 154 Å². The summed E-state index contributed by atoms with van der Waals surface area (Å²) < 4.78 is 30.8. The summed E-state index contributed by atoms with van der Waals surface area (Å²) in [6.45, 7) is 0.415. The summed E-state index contributed by atoms with van der Waals surface area (Å²) in [6, 6.07) is 11.3. The number of anilines is 2. The average Bonchev–Trinajstić information content (AvgIpc) is 3.00. The van der Waals surface area contributed by atoms with Gasteiger partial charge in [-0.2, -0.15) is 0 Å². The fraction of sp³-hybridized carbons (Fsp3) is 0.222. The van der Waals surface area contributed by atoms with Gasteiger partial charge in [0, 0.05) is 17.8 Å². The van der Waals surface area contributed by atoms with Gasteiger partial charge >= 0.3 is 5.76 Å². The molecule has 0 radical (unpaired) electrons. The summed E-state index contributed by atoms with van der Waals surface area (Å²) in [5, 5.41) is 2.74. The lowest BCUT2D eigenvalue weighted by Gasteiger charge is -2.28. The standard InChI is InChI=1S/C18H17N3O5S/c22-17(19-13-6-7-16-15(11-13)20-18(23)26-16)12-4-3-5-14(10-12)21-8-1-2-9-27(21,24)25/h3-7,10-11H,1-2,8-9H2,(H,19,22)(H,20,23). The molecule has 1 saturated heterocycles. The molecule has 2 heterocycles. The molecule has 0 spiro atoms. The number of carbonyl (C=O) groups is 1. The highest BCUT2D eigenvalue weighted by Crippen LogP contribution is 2.25. The van der Waals surface area contributed by atoms with E-state index in [4.69, 9.17) is 4.42 Å². The lowest BCUT2D eigenvalue weighted by Crippen LogP contribution is -2.37. The SMILES string of the molecule is O=C(Nc1ccc2oc(=O)[nH]c2c1)c1cccc(N2CCCCS2(=O)=O)c1. The molecule has 0 atom stereocenters. The monoisotopic (exact) mass is 387 g/mol. The van der Waals surface area contributed by atoms with Crippen molar-refractivity contribution in [3.8, 4) is 0 Å². The normalized spacial score (nSPS) is 16.4. The minimum absolute atomic E-state index is 0.117. The molecule has 0 saturated carbocycles. The van der Waals surface area contributed by atoms with E-state index in [1.165, 1.54) is 4.31 Å². The number of rotatable bonds is 3. The molecule has 2 aromatic carbocycles. The van der Waals surface area contributed by atoms with E-state index in [9.17, 15) is 18.0 Å². The molecular weight excluding hydrogens is 370 g/mol. The molecule has 1 amide bonds. The molecule has 3 aromatic rings. The molecule has 27 heavy (non-hydrogen) atoms. The zero-order chi connectivity index (χ0) is 19.0. The highest BCUT2D eigenvalue weighted by Gasteiger charge is 2.26. The quantitative estimate of drug-likeness (QED) is 0.716. The van der Waals surface area contributed by atoms with E-state index < -0.39 is 15.8 Å². The third kappa shape index (κ3) is 3.45. The summed E-state index contributed by atoms with van der Waals surface area (Å²) in [5.74, 6) is -0.827. The first kappa shape index (κ1) is 17.3. The highest BCUT2D eigenvalue weighted by atomic mass is 32.2. The van der Waals surface area contributed by atoms with Crippen LogP contribution in [0.1, 0.15) is 23.2 Å². The van der Waals surface area contributed by atoms with Crippen LogP contribution in [0, 0.1) is 0 Å². The molecule has 8 nitrogen and oxygen atoms in total. The van der Waals surface area contributed by atoms with Crippen LogP contribution < -0.4 is 15.4 Å². The van der Waals surface area contributed by atoms with Crippen molar-refractivity contribution in [3.05, 3.63) is 58.6 Å². The number of sulfonamides is 1. The predicted molar refractivity (Wildman–Crippen MR) is 102 cm³/mol. The highest BCUT2D eigenvalue weighted by molar-refractivity contribution is 7.92. The molecular formula is C18H17N3O5S. The predicted octanol–water partition coefficient (Wildman–Crippen LogP) is 2.30. The van der Waals surface area contributed by atoms with E-state index in [1.807, 2.05) is 0 Å². The van der Waals surface area contributed by atoms with Crippen molar-refractivity contribution in [2.24, 2.45) is 0 Å². The molecule has 0 bridgehead atoms. The number of hydrogen-bond donors (Lipinski definition) is 2. The number of carbonyl (C=O) groups excluding carboxylic acids is 1. The second-order valence-electron chi connectivity index (χ2n) is 6.33. The van der Waals surface area contributed by atoms with Crippen LogP contribution in [0.4, 0.5) is 11.4 Å². The maximum atomic E-state index is 12.6. The van der Waals surface area contributed by atoms with E-state index in [-0.39, 0.29) is 11.7 Å². The topological polar surface area (TPSA) is 112 Å². The molecule has 4 rings (SSSR count). The molecule has 140 valence electrons. The van der Waals surface area contributed by atoms with Gasteiger partial charge in [0.05, 0.1) is 17.0 Å². The Hall–Kier alpha value is -3.07. The summed E-state index contributed by atoms with van der Waals surface area (Å²) in [6.07, 6.45) is 1.44. The van der Waals surface area contributed by atoms with Crippen LogP contribution in [0.3, 0.4) is 0 Å². The van der Waals surface area contributed by atoms with Gasteiger partial charge < -0.3 is 9.73 Å². The zero-order valence-electron chi connectivity index (χ0n) is 14.3. The van der Waals surface area contributed by atoms with Crippen LogP contribution in [-0.2, 0) is 10.0 Å². The Morgan fingerprint density at radius 2 is 2.00 bits per heavy atom. The average molecular weight is 387 g/mol. The lowest BCUT2D eigenvalue weighted by molar-refractivity contribution is 0.102. The minimum Gasteiger partial charge on any atom is -0.408 e. The second kappa shape index (κ2) is 6.58. The Morgan fingerprint density at radius 1 is 1.15 bits per heavy atom. The first-order valence-corrected chi connectivity index (χ1v) is 10.1. The van der Waals surface area contributed by atoms with Gasteiger partial charge in [0.1, 0.15) is 0 Å². The van der Waals surface area contributed by atoms with E-state index in [0.717, 1.165) is 6.42 Å². The first-order chi connectivity index (χ1) is 12.9. The van der Waals surface area contributed by atoms with E-state index in [1.54, 1.807) is 42.5 Å². The number of fused-ring (bicyclic) bond motifs is 1. The zero-order valence-corrected chi connectivity index (χ0v) is 15.1. The van der Waals surface area contributed by atoms with E-state index in [2.05, 4.69) is 10.3 Å². The minimum atomic E-state index is -3.34. The van der Waals surface area contributed by atoms with Gasteiger partial charge in [-0.25, -0.2) is 13.2 Å². The number of nitrogens with zero attached hydrogens (tertiary/aromatic N) is 1. The lowest BCUT2D eigenvalue weighted by atomic mass is 10.1. The third-order valence-corrected chi connectivity index (χ3v) is 6.29. The first-order valence-electron chi connectivity index (χ1n) is 8.47.